The molecule has 0 aliphatic heterocycles. The number of hydrogen-bond donors (Lipinski definition) is 0. The van der Waals surface area contributed by atoms with Gasteiger partial charge >= 0.3 is 0 Å². The zero-order chi connectivity index (χ0) is 10.6. The summed E-state index contributed by atoms with van der Waals surface area (Å²) < 4.78 is 0. The summed E-state index contributed by atoms with van der Waals surface area (Å²) in [5, 5.41) is 1.89. The molecule has 0 aromatic carbocycles. The lowest BCUT2D eigenvalue weighted by Gasteiger charge is -2.08. The zero-order valence-electron chi connectivity index (χ0n) is 8.48. The number of alkyl halides is 2. The van der Waals surface area contributed by atoms with Crippen LogP contribution in [0, 0.1) is 13.8 Å². The van der Waals surface area contributed by atoms with Crippen molar-refractivity contribution in [1.82, 2.24) is 9.97 Å². The highest BCUT2D eigenvalue weighted by Gasteiger charge is 2.07. The molecule has 1 aromatic heterocycles. The molecule has 0 amide bonds. The number of halogens is 2. The molecule has 0 radical (unpaired) electrons. The predicted molar refractivity (Wildman–Crippen MR) is 66.5 cm³/mol. The van der Waals surface area contributed by atoms with Gasteiger partial charge in [-0.2, -0.15) is 0 Å². The maximum absolute atomic E-state index is 4.57. The average Bonchev–Trinajstić information content (AvgIpc) is 2.14. The molecule has 0 saturated carbocycles. The van der Waals surface area contributed by atoms with Crippen LogP contribution in [0.1, 0.15) is 22.8 Å². The Morgan fingerprint density at radius 3 is 1.50 bits per heavy atom. The van der Waals surface area contributed by atoms with E-state index in [2.05, 4.69) is 41.8 Å². The van der Waals surface area contributed by atoms with Gasteiger partial charge in [0.2, 0.25) is 0 Å². The molecule has 0 aliphatic carbocycles. The largest absolute Gasteiger partial charge is 0.254 e. The van der Waals surface area contributed by atoms with E-state index in [9.17, 15) is 0 Å². The molecule has 0 saturated heterocycles. The Morgan fingerprint density at radius 1 is 0.857 bits per heavy atom. The molecule has 1 aromatic rings. The third-order valence-corrected chi connectivity index (χ3v) is 2.92. The molecule has 0 atom stereocenters. The van der Waals surface area contributed by atoms with Gasteiger partial charge in [-0.05, 0) is 13.8 Å². The van der Waals surface area contributed by atoms with Crippen LogP contribution < -0.4 is 0 Å². The Labute approximate surface area is 102 Å². The van der Waals surface area contributed by atoms with Crippen molar-refractivity contribution in [2.45, 2.75) is 26.7 Å². The lowest BCUT2D eigenvalue weighted by atomic mass is 10.2. The number of hydrogen-bond acceptors (Lipinski definition) is 2. The summed E-state index contributed by atoms with van der Waals surface area (Å²) >= 11 is 6.87. The highest BCUT2D eigenvalue weighted by atomic mass is 79.9. The molecule has 2 nitrogen and oxygen atoms in total. The second kappa shape index (κ2) is 5.81. The van der Waals surface area contributed by atoms with Crippen molar-refractivity contribution in [1.29, 1.82) is 0 Å². The van der Waals surface area contributed by atoms with E-state index in [1.54, 1.807) is 0 Å². The van der Waals surface area contributed by atoms with E-state index < -0.39 is 0 Å². The lowest BCUT2D eigenvalue weighted by molar-refractivity contribution is 0.873. The van der Waals surface area contributed by atoms with E-state index in [1.165, 1.54) is 0 Å². The van der Waals surface area contributed by atoms with Crippen molar-refractivity contribution in [2.24, 2.45) is 0 Å². The van der Waals surface area contributed by atoms with Crippen molar-refractivity contribution in [3.63, 3.8) is 0 Å². The molecule has 1 heterocycles. The summed E-state index contributed by atoms with van der Waals surface area (Å²) in [6.07, 6.45) is 1.91. The first-order chi connectivity index (χ1) is 6.69. The van der Waals surface area contributed by atoms with Crippen molar-refractivity contribution in [2.75, 3.05) is 10.7 Å². The molecular weight excluding hydrogens is 308 g/mol. The SMILES string of the molecule is Cc1nc(CCBr)c(CCBr)nc1C. The van der Waals surface area contributed by atoms with Crippen LogP contribution in [0.4, 0.5) is 0 Å². The van der Waals surface area contributed by atoms with E-state index in [4.69, 9.17) is 0 Å². The van der Waals surface area contributed by atoms with E-state index in [-0.39, 0.29) is 0 Å². The lowest BCUT2D eigenvalue weighted by Crippen LogP contribution is -2.07. The third kappa shape index (κ3) is 3.02. The Balaban J connectivity index is 3.03. The van der Waals surface area contributed by atoms with Gasteiger partial charge in [-0.15, -0.1) is 0 Å². The van der Waals surface area contributed by atoms with Crippen LogP contribution >= 0.6 is 31.9 Å². The summed E-state index contributed by atoms with van der Waals surface area (Å²) in [4.78, 5) is 9.14. The van der Waals surface area contributed by atoms with Crippen LogP contribution in [0.2, 0.25) is 0 Å². The van der Waals surface area contributed by atoms with Gasteiger partial charge in [0.25, 0.3) is 0 Å². The predicted octanol–water partition coefficient (Wildman–Crippen LogP) is 2.97. The standard InChI is InChI=1S/C10H14Br2N2/c1-7-8(2)14-10(4-6-12)9(13-7)3-5-11/h3-6H2,1-2H3. The first kappa shape index (κ1) is 12.1. The van der Waals surface area contributed by atoms with Crippen molar-refractivity contribution in [3.8, 4) is 0 Å². The number of nitrogens with zero attached hydrogens (tertiary/aromatic N) is 2. The van der Waals surface area contributed by atoms with E-state index in [0.29, 0.717) is 0 Å². The maximum Gasteiger partial charge on any atom is 0.0630 e. The van der Waals surface area contributed by atoms with Crippen LogP contribution in [0.25, 0.3) is 0 Å². The second-order valence-electron chi connectivity index (χ2n) is 3.17. The highest BCUT2D eigenvalue weighted by molar-refractivity contribution is 9.09. The molecule has 0 aliphatic rings. The normalized spacial score (nSPS) is 10.6. The minimum atomic E-state index is 0.944. The average molecular weight is 322 g/mol. The van der Waals surface area contributed by atoms with Crippen molar-refractivity contribution >= 4 is 31.9 Å². The Bertz CT molecular complexity index is 282. The number of aryl methyl sites for hydroxylation is 4. The molecule has 0 bridgehead atoms. The third-order valence-electron chi connectivity index (χ3n) is 2.12. The summed E-state index contributed by atoms with van der Waals surface area (Å²) in [7, 11) is 0. The van der Waals surface area contributed by atoms with Crippen molar-refractivity contribution in [3.05, 3.63) is 22.8 Å². The molecule has 78 valence electrons. The molecule has 0 unspecified atom stereocenters. The molecule has 0 fully saturated rings. The van der Waals surface area contributed by atoms with E-state index in [0.717, 1.165) is 46.3 Å². The highest BCUT2D eigenvalue weighted by Crippen LogP contribution is 2.11. The Morgan fingerprint density at radius 2 is 1.21 bits per heavy atom. The summed E-state index contributed by atoms with van der Waals surface area (Å²) in [5.74, 6) is 0. The summed E-state index contributed by atoms with van der Waals surface area (Å²) in [6, 6.07) is 0. The van der Waals surface area contributed by atoms with Gasteiger partial charge in [0.05, 0.1) is 22.8 Å². The summed E-state index contributed by atoms with van der Waals surface area (Å²) in [6.45, 7) is 4.02. The van der Waals surface area contributed by atoms with Gasteiger partial charge in [0.1, 0.15) is 0 Å². The summed E-state index contributed by atoms with van der Waals surface area (Å²) in [5.41, 5.74) is 4.34. The maximum atomic E-state index is 4.57. The van der Waals surface area contributed by atoms with E-state index in [1.807, 2.05) is 13.8 Å². The van der Waals surface area contributed by atoms with Gasteiger partial charge in [-0.3, -0.25) is 9.97 Å². The quantitative estimate of drug-likeness (QED) is 0.797. The second-order valence-corrected chi connectivity index (χ2v) is 4.75. The Hall–Kier alpha value is 0.0400. The number of rotatable bonds is 4. The van der Waals surface area contributed by atoms with Gasteiger partial charge in [-0.1, -0.05) is 31.9 Å². The molecule has 1 rings (SSSR count). The molecule has 0 spiro atoms. The first-order valence-electron chi connectivity index (χ1n) is 4.64. The smallest absolute Gasteiger partial charge is 0.0630 e. The molecule has 0 N–H and O–H groups in total. The molecular formula is C10H14Br2N2. The van der Waals surface area contributed by atoms with Crippen LogP contribution in [-0.4, -0.2) is 20.6 Å². The van der Waals surface area contributed by atoms with Crippen LogP contribution in [0.5, 0.6) is 0 Å². The van der Waals surface area contributed by atoms with Crippen LogP contribution in [0.3, 0.4) is 0 Å². The minimum absolute atomic E-state index is 0.944. The fourth-order valence-electron chi connectivity index (χ4n) is 1.28. The van der Waals surface area contributed by atoms with Crippen LogP contribution in [-0.2, 0) is 12.8 Å². The zero-order valence-corrected chi connectivity index (χ0v) is 11.7. The van der Waals surface area contributed by atoms with Crippen molar-refractivity contribution < 1.29 is 0 Å². The Kier molecular flexibility index (Phi) is 5.02. The topological polar surface area (TPSA) is 25.8 Å². The van der Waals surface area contributed by atoms with Gasteiger partial charge in [-0.25, -0.2) is 0 Å². The first-order valence-corrected chi connectivity index (χ1v) is 6.88. The number of aromatic nitrogens is 2. The molecule has 4 heteroatoms. The van der Waals surface area contributed by atoms with Crippen LogP contribution in [0.15, 0.2) is 0 Å². The van der Waals surface area contributed by atoms with E-state index >= 15 is 0 Å². The van der Waals surface area contributed by atoms with Gasteiger partial charge in [0.15, 0.2) is 0 Å². The fraction of sp³-hybridized carbons (Fsp3) is 0.600. The monoisotopic (exact) mass is 320 g/mol. The van der Waals surface area contributed by atoms with Gasteiger partial charge < -0.3 is 0 Å². The minimum Gasteiger partial charge on any atom is -0.254 e. The fourth-order valence-corrected chi connectivity index (χ4v) is 2.03. The molecule has 14 heavy (non-hydrogen) atoms. The van der Waals surface area contributed by atoms with Gasteiger partial charge in [0, 0.05) is 23.5 Å².